The van der Waals surface area contributed by atoms with E-state index in [9.17, 15) is 9.18 Å². The van der Waals surface area contributed by atoms with Crippen molar-refractivity contribution in [3.63, 3.8) is 0 Å². The Balaban J connectivity index is 1.65. The third-order valence-electron chi connectivity index (χ3n) is 4.47. The largest absolute Gasteiger partial charge is 0.494 e. The molecular formula is C24H27FN4O4S. The number of allylic oxidation sites excluding steroid dienone is 1. The zero-order valence-electron chi connectivity index (χ0n) is 19.1. The standard InChI is InChI=1S/C24H27FN4O4S/c1-4-13-29-22(15-33-20-10-8-7-9-18(20)25)27-28-24(29)34-16-23(30)26-19-14-17(31-5-2)11-12-21(19)32-6-3/h4,7-12,14H,1,5-6,13,15-16H2,2-3H3,(H,26,30). The Labute approximate surface area is 202 Å². The number of nitrogens with zero attached hydrogens (tertiary/aromatic N) is 3. The summed E-state index contributed by atoms with van der Waals surface area (Å²) in [6.07, 6.45) is 1.69. The van der Waals surface area contributed by atoms with Crippen LogP contribution in [0.4, 0.5) is 10.1 Å². The van der Waals surface area contributed by atoms with Crippen molar-refractivity contribution in [1.82, 2.24) is 14.8 Å². The molecule has 1 aromatic heterocycles. The van der Waals surface area contributed by atoms with Crippen molar-refractivity contribution in [1.29, 1.82) is 0 Å². The quantitative estimate of drug-likeness (QED) is 0.277. The van der Waals surface area contributed by atoms with Crippen LogP contribution in [0.2, 0.25) is 0 Å². The molecule has 0 aliphatic rings. The van der Waals surface area contributed by atoms with E-state index in [4.69, 9.17) is 14.2 Å². The first-order valence-electron chi connectivity index (χ1n) is 10.8. The lowest BCUT2D eigenvalue weighted by Gasteiger charge is -2.13. The summed E-state index contributed by atoms with van der Waals surface area (Å²) in [5.41, 5.74) is 0.532. The second kappa shape index (κ2) is 12.6. The van der Waals surface area contributed by atoms with Crippen LogP contribution in [0.5, 0.6) is 17.2 Å². The number of amides is 1. The molecule has 0 atom stereocenters. The van der Waals surface area contributed by atoms with Gasteiger partial charge in [-0.15, -0.1) is 16.8 Å². The Morgan fingerprint density at radius 3 is 2.65 bits per heavy atom. The van der Waals surface area contributed by atoms with Gasteiger partial charge in [0.1, 0.15) is 18.1 Å². The number of aromatic nitrogens is 3. The number of benzene rings is 2. The Bertz CT molecular complexity index is 1120. The van der Waals surface area contributed by atoms with E-state index in [1.165, 1.54) is 17.8 Å². The maximum atomic E-state index is 13.8. The highest BCUT2D eigenvalue weighted by Gasteiger charge is 2.16. The number of thioether (sulfide) groups is 1. The molecule has 0 bridgehead atoms. The number of rotatable bonds is 13. The summed E-state index contributed by atoms with van der Waals surface area (Å²) in [5, 5.41) is 11.7. The lowest BCUT2D eigenvalue weighted by Crippen LogP contribution is -2.16. The summed E-state index contributed by atoms with van der Waals surface area (Å²) in [6.45, 7) is 8.94. The first-order chi connectivity index (χ1) is 16.5. The van der Waals surface area contributed by atoms with Crippen LogP contribution in [0, 0.1) is 5.82 Å². The highest BCUT2D eigenvalue weighted by Crippen LogP contribution is 2.30. The summed E-state index contributed by atoms with van der Waals surface area (Å²) in [7, 11) is 0. The van der Waals surface area contributed by atoms with Gasteiger partial charge in [0.25, 0.3) is 0 Å². The zero-order valence-corrected chi connectivity index (χ0v) is 19.9. The Kier molecular flexibility index (Phi) is 9.33. The van der Waals surface area contributed by atoms with Crippen LogP contribution in [-0.4, -0.2) is 39.6 Å². The molecule has 0 saturated heterocycles. The zero-order chi connectivity index (χ0) is 24.3. The van der Waals surface area contributed by atoms with Crippen LogP contribution in [0.3, 0.4) is 0 Å². The van der Waals surface area contributed by atoms with E-state index in [0.29, 0.717) is 47.9 Å². The highest BCUT2D eigenvalue weighted by molar-refractivity contribution is 7.99. The fourth-order valence-corrected chi connectivity index (χ4v) is 3.78. The molecule has 0 radical (unpaired) electrons. The first kappa shape index (κ1) is 25.1. The van der Waals surface area contributed by atoms with Crippen molar-refractivity contribution in [3.05, 3.63) is 66.8 Å². The molecule has 34 heavy (non-hydrogen) atoms. The summed E-state index contributed by atoms with van der Waals surface area (Å²) in [5.74, 6) is 1.22. The summed E-state index contributed by atoms with van der Waals surface area (Å²) in [4.78, 5) is 12.7. The fourth-order valence-electron chi connectivity index (χ4n) is 3.01. The molecule has 0 unspecified atom stereocenters. The van der Waals surface area contributed by atoms with Crippen molar-refractivity contribution in [3.8, 4) is 17.2 Å². The molecule has 0 spiro atoms. The van der Waals surface area contributed by atoms with Crippen molar-refractivity contribution in [2.75, 3.05) is 24.3 Å². The SMILES string of the molecule is C=CCn1c(COc2ccccc2F)nnc1SCC(=O)Nc1cc(OCC)ccc1OCC. The number of para-hydroxylation sites is 1. The number of nitrogens with one attached hydrogen (secondary N) is 1. The molecule has 0 aliphatic carbocycles. The Morgan fingerprint density at radius 2 is 1.91 bits per heavy atom. The molecule has 3 rings (SSSR count). The molecule has 0 saturated carbocycles. The van der Waals surface area contributed by atoms with E-state index in [0.717, 1.165) is 0 Å². The molecule has 8 nitrogen and oxygen atoms in total. The minimum Gasteiger partial charge on any atom is -0.494 e. The van der Waals surface area contributed by atoms with Gasteiger partial charge in [-0.3, -0.25) is 9.36 Å². The normalized spacial score (nSPS) is 10.6. The minimum absolute atomic E-state index is 0.0243. The predicted octanol–water partition coefficient (Wildman–Crippen LogP) is 4.71. The molecule has 1 amide bonds. The van der Waals surface area contributed by atoms with Crippen LogP contribution in [-0.2, 0) is 17.9 Å². The Hall–Kier alpha value is -3.53. The molecule has 10 heteroatoms. The number of hydrogen-bond acceptors (Lipinski definition) is 7. The molecular weight excluding hydrogens is 459 g/mol. The van der Waals surface area contributed by atoms with Gasteiger partial charge in [-0.05, 0) is 38.1 Å². The van der Waals surface area contributed by atoms with Crippen LogP contribution in [0.1, 0.15) is 19.7 Å². The van der Waals surface area contributed by atoms with E-state index >= 15 is 0 Å². The number of carbonyl (C=O) groups excluding carboxylic acids is 1. The second-order valence-electron chi connectivity index (χ2n) is 6.88. The summed E-state index contributed by atoms with van der Waals surface area (Å²) < 4.78 is 32.3. The van der Waals surface area contributed by atoms with E-state index < -0.39 is 5.82 Å². The maximum absolute atomic E-state index is 13.8. The van der Waals surface area contributed by atoms with Gasteiger partial charge in [0.05, 0.1) is 24.7 Å². The lowest BCUT2D eigenvalue weighted by molar-refractivity contribution is -0.113. The van der Waals surface area contributed by atoms with Crippen molar-refractivity contribution in [2.24, 2.45) is 0 Å². The van der Waals surface area contributed by atoms with Gasteiger partial charge in [-0.25, -0.2) is 4.39 Å². The number of hydrogen-bond donors (Lipinski definition) is 1. The highest BCUT2D eigenvalue weighted by atomic mass is 32.2. The molecule has 1 N–H and O–H groups in total. The molecule has 0 fully saturated rings. The Morgan fingerprint density at radius 1 is 1.12 bits per heavy atom. The second-order valence-corrected chi connectivity index (χ2v) is 7.82. The maximum Gasteiger partial charge on any atom is 0.234 e. The average molecular weight is 487 g/mol. The van der Waals surface area contributed by atoms with E-state index in [1.54, 1.807) is 47.0 Å². The van der Waals surface area contributed by atoms with Crippen LogP contribution >= 0.6 is 11.8 Å². The monoisotopic (exact) mass is 486 g/mol. The third-order valence-corrected chi connectivity index (χ3v) is 5.43. The van der Waals surface area contributed by atoms with E-state index in [1.807, 2.05) is 13.8 Å². The van der Waals surface area contributed by atoms with Crippen molar-refractivity contribution < 1.29 is 23.4 Å². The number of anilines is 1. The molecule has 0 aliphatic heterocycles. The van der Waals surface area contributed by atoms with Crippen molar-refractivity contribution in [2.45, 2.75) is 32.2 Å². The average Bonchev–Trinajstić information content (AvgIpc) is 3.21. The molecule has 2 aromatic carbocycles. The number of halogens is 1. The van der Waals surface area contributed by atoms with Crippen LogP contribution in [0.15, 0.2) is 60.3 Å². The lowest BCUT2D eigenvalue weighted by atomic mass is 10.2. The van der Waals surface area contributed by atoms with Crippen LogP contribution < -0.4 is 19.5 Å². The van der Waals surface area contributed by atoms with Gasteiger partial charge in [-0.1, -0.05) is 30.0 Å². The van der Waals surface area contributed by atoms with Crippen molar-refractivity contribution >= 4 is 23.4 Å². The summed E-state index contributed by atoms with van der Waals surface area (Å²) in [6, 6.07) is 11.4. The van der Waals surface area contributed by atoms with Gasteiger partial charge in [0.2, 0.25) is 5.91 Å². The minimum atomic E-state index is -0.455. The van der Waals surface area contributed by atoms with E-state index in [-0.39, 0.29) is 24.0 Å². The van der Waals surface area contributed by atoms with E-state index in [2.05, 4.69) is 22.1 Å². The first-order valence-corrected chi connectivity index (χ1v) is 11.8. The smallest absolute Gasteiger partial charge is 0.234 e. The molecule has 180 valence electrons. The number of ether oxygens (including phenoxy) is 3. The topological polar surface area (TPSA) is 87.5 Å². The third kappa shape index (κ3) is 6.74. The molecule has 3 aromatic rings. The van der Waals surface area contributed by atoms with Gasteiger partial charge >= 0.3 is 0 Å². The summed E-state index contributed by atoms with van der Waals surface area (Å²) >= 11 is 1.22. The number of carbonyl (C=O) groups is 1. The predicted molar refractivity (Wildman–Crippen MR) is 129 cm³/mol. The van der Waals surface area contributed by atoms with Gasteiger partial charge in [-0.2, -0.15) is 0 Å². The molecule has 1 heterocycles. The van der Waals surface area contributed by atoms with Gasteiger partial charge < -0.3 is 19.5 Å². The van der Waals surface area contributed by atoms with Gasteiger partial charge in [0, 0.05) is 12.6 Å². The van der Waals surface area contributed by atoms with Crippen LogP contribution in [0.25, 0.3) is 0 Å². The van der Waals surface area contributed by atoms with Gasteiger partial charge in [0.15, 0.2) is 22.5 Å². The fraction of sp³-hybridized carbons (Fsp3) is 0.292.